The maximum atomic E-state index is 13.5. The summed E-state index contributed by atoms with van der Waals surface area (Å²) in [6.07, 6.45) is 1.11. The summed E-state index contributed by atoms with van der Waals surface area (Å²) in [7, 11) is 0. The van der Waals surface area contributed by atoms with Crippen molar-refractivity contribution in [2.24, 2.45) is 5.92 Å². The number of aliphatic hydroxyl groups is 1. The summed E-state index contributed by atoms with van der Waals surface area (Å²) in [5, 5.41) is 12.3. The summed E-state index contributed by atoms with van der Waals surface area (Å²) in [5.74, 6) is 0.255. The van der Waals surface area contributed by atoms with Crippen molar-refractivity contribution >= 4 is 11.7 Å². The van der Waals surface area contributed by atoms with E-state index in [4.69, 9.17) is 4.74 Å². The summed E-state index contributed by atoms with van der Waals surface area (Å²) < 4.78 is 19.1. The van der Waals surface area contributed by atoms with Gasteiger partial charge >= 0.3 is 6.03 Å². The number of nitrogens with one attached hydrogen (secondary N) is 1. The third-order valence-electron chi connectivity index (χ3n) is 4.05. The van der Waals surface area contributed by atoms with Crippen LogP contribution >= 0.6 is 0 Å². The molecule has 0 saturated carbocycles. The van der Waals surface area contributed by atoms with Gasteiger partial charge in [-0.3, -0.25) is 0 Å². The monoisotopic (exact) mass is 324 g/mol. The van der Waals surface area contributed by atoms with Crippen molar-refractivity contribution in [1.29, 1.82) is 0 Å². The number of rotatable bonds is 4. The smallest absolute Gasteiger partial charge is 0.321 e. The van der Waals surface area contributed by atoms with E-state index in [-0.39, 0.29) is 24.2 Å². The third kappa shape index (κ3) is 4.82. The number of anilines is 1. The van der Waals surface area contributed by atoms with Gasteiger partial charge in [0.25, 0.3) is 0 Å². The SMILES string of the molecule is CC(C)Oc1ccc(F)cc1NC(=O)N1CCC(C(C)O)CC1. The van der Waals surface area contributed by atoms with Crippen molar-refractivity contribution in [2.45, 2.75) is 45.8 Å². The molecule has 1 fully saturated rings. The maximum Gasteiger partial charge on any atom is 0.321 e. The number of aliphatic hydroxyl groups excluding tert-OH is 1. The van der Waals surface area contributed by atoms with Crippen LogP contribution in [-0.4, -0.2) is 41.3 Å². The number of hydrogen-bond donors (Lipinski definition) is 2. The van der Waals surface area contributed by atoms with Crippen LogP contribution < -0.4 is 10.1 Å². The highest BCUT2D eigenvalue weighted by atomic mass is 19.1. The number of ether oxygens (including phenoxy) is 1. The quantitative estimate of drug-likeness (QED) is 0.894. The van der Waals surface area contributed by atoms with E-state index in [0.29, 0.717) is 24.5 Å². The van der Waals surface area contributed by atoms with Crippen molar-refractivity contribution in [3.05, 3.63) is 24.0 Å². The number of hydrogen-bond acceptors (Lipinski definition) is 3. The Bertz CT molecular complexity index is 541. The van der Waals surface area contributed by atoms with E-state index in [2.05, 4.69) is 5.32 Å². The number of nitrogens with zero attached hydrogens (tertiary/aromatic N) is 1. The lowest BCUT2D eigenvalue weighted by atomic mass is 9.92. The van der Waals surface area contributed by atoms with E-state index in [9.17, 15) is 14.3 Å². The zero-order valence-corrected chi connectivity index (χ0v) is 13.9. The summed E-state index contributed by atoms with van der Waals surface area (Å²) in [6, 6.07) is 3.82. The van der Waals surface area contributed by atoms with Gasteiger partial charge in [-0.25, -0.2) is 9.18 Å². The topological polar surface area (TPSA) is 61.8 Å². The summed E-state index contributed by atoms with van der Waals surface area (Å²) in [6.45, 7) is 6.68. The number of amides is 2. The average molecular weight is 324 g/mol. The number of likely N-dealkylation sites (tertiary alicyclic amines) is 1. The predicted molar refractivity (Wildman–Crippen MR) is 87.2 cm³/mol. The molecule has 1 unspecified atom stereocenters. The first-order chi connectivity index (χ1) is 10.9. The van der Waals surface area contributed by atoms with Gasteiger partial charge in [0.2, 0.25) is 0 Å². The number of halogens is 1. The van der Waals surface area contributed by atoms with Crippen LogP contribution in [0, 0.1) is 11.7 Å². The standard InChI is InChI=1S/C17H25FN2O3/c1-11(2)23-16-5-4-14(18)10-15(16)19-17(22)20-8-6-13(7-9-20)12(3)21/h4-5,10-13,21H,6-9H2,1-3H3,(H,19,22). The highest BCUT2D eigenvalue weighted by Crippen LogP contribution is 2.27. The normalized spacial score (nSPS) is 17.2. The zero-order valence-electron chi connectivity index (χ0n) is 13.9. The fourth-order valence-electron chi connectivity index (χ4n) is 2.74. The Hall–Kier alpha value is -1.82. The third-order valence-corrected chi connectivity index (χ3v) is 4.05. The van der Waals surface area contributed by atoms with Gasteiger partial charge in [0.1, 0.15) is 11.6 Å². The van der Waals surface area contributed by atoms with E-state index in [1.807, 2.05) is 13.8 Å². The molecule has 5 nitrogen and oxygen atoms in total. The van der Waals surface area contributed by atoms with Gasteiger partial charge in [-0.15, -0.1) is 0 Å². The molecule has 0 aliphatic carbocycles. The molecule has 0 radical (unpaired) electrons. The first-order valence-electron chi connectivity index (χ1n) is 8.07. The molecule has 1 aromatic carbocycles. The lowest BCUT2D eigenvalue weighted by Crippen LogP contribution is -2.42. The van der Waals surface area contributed by atoms with Crippen LogP contribution in [0.1, 0.15) is 33.6 Å². The van der Waals surface area contributed by atoms with Crippen molar-refractivity contribution in [3.8, 4) is 5.75 Å². The Morgan fingerprint density at radius 2 is 2.00 bits per heavy atom. The minimum absolute atomic E-state index is 0.0714. The molecule has 1 aliphatic rings. The Morgan fingerprint density at radius 1 is 1.35 bits per heavy atom. The van der Waals surface area contributed by atoms with E-state index in [0.717, 1.165) is 12.8 Å². The fraction of sp³-hybridized carbons (Fsp3) is 0.588. The van der Waals surface area contributed by atoms with Gasteiger partial charge < -0.3 is 20.1 Å². The van der Waals surface area contributed by atoms with Crippen LogP contribution in [0.5, 0.6) is 5.75 Å². The van der Waals surface area contributed by atoms with Gasteiger partial charge in [0, 0.05) is 19.2 Å². The van der Waals surface area contributed by atoms with E-state index in [1.165, 1.54) is 18.2 Å². The Labute approximate surface area is 136 Å². The van der Waals surface area contributed by atoms with E-state index >= 15 is 0 Å². The summed E-state index contributed by atoms with van der Waals surface area (Å²) in [4.78, 5) is 14.1. The molecular formula is C17H25FN2O3. The molecule has 23 heavy (non-hydrogen) atoms. The van der Waals surface area contributed by atoms with Crippen molar-refractivity contribution in [3.63, 3.8) is 0 Å². The molecule has 1 saturated heterocycles. The molecule has 0 spiro atoms. The lowest BCUT2D eigenvalue weighted by Gasteiger charge is -2.33. The molecule has 0 bridgehead atoms. The first kappa shape index (κ1) is 17.5. The molecule has 1 aliphatic heterocycles. The number of urea groups is 1. The predicted octanol–water partition coefficient (Wildman–Crippen LogP) is 3.24. The van der Waals surface area contributed by atoms with Gasteiger partial charge in [-0.1, -0.05) is 0 Å². The van der Waals surface area contributed by atoms with Crippen LogP contribution in [0.2, 0.25) is 0 Å². The largest absolute Gasteiger partial charge is 0.489 e. The summed E-state index contributed by atoms with van der Waals surface area (Å²) in [5.41, 5.74) is 0.335. The Balaban J connectivity index is 2.01. The van der Waals surface area contributed by atoms with Gasteiger partial charge in [-0.05, 0) is 51.7 Å². The number of carbonyl (C=O) groups excluding carboxylic acids is 1. The molecule has 1 atom stereocenters. The molecule has 0 aromatic heterocycles. The van der Waals surface area contributed by atoms with Gasteiger partial charge in [0.05, 0.1) is 17.9 Å². The molecule has 128 valence electrons. The second-order valence-electron chi connectivity index (χ2n) is 6.30. The van der Waals surface area contributed by atoms with E-state index in [1.54, 1.807) is 11.8 Å². The van der Waals surface area contributed by atoms with Crippen LogP contribution in [0.4, 0.5) is 14.9 Å². The summed E-state index contributed by atoms with van der Waals surface area (Å²) >= 11 is 0. The highest BCUT2D eigenvalue weighted by molar-refractivity contribution is 5.91. The van der Waals surface area contributed by atoms with Crippen molar-refractivity contribution in [2.75, 3.05) is 18.4 Å². The minimum atomic E-state index is -0.427. The van der Waals surface area contributed by atoms with Gasteiger partial charge in [0.15, 0.2) is 0 Å². The molecule has 2 amide bonds. The molecule has 2 N–H and O–H groups in total. The van der Waals surface area contributed by atoms with Crippen molar-refractivity contribution < 1.29 is 19.0 Å². The number of benzene rings is 1. The fourth-order valence-corrected chi connectivity index (χ4v) is 2.74. The van der Waals surface area contributed by atoms with Crippen LogP contribution in [0.25, 0.3) is 0 Å². The minimum Gasteiger partial charge on any atom is -0.489 e. The lowest BCUT2D eigenvalue weighted by molar-refractivity contribution is 0.0820. The second-order valence-corrected chi connectivity index (χ2v) is 6.30. The van der Waals surface area contributed by atoms with Crippen LogP contribution in [0.3, 0.4) is 0 Å². The average Bonchev–Trinajstić information content (AvgIpc) is 2.49. The van der Waals surface area contributed by atoms with Crippen LogP contribution in [0.15, 0.2) is 18.2 Å². The highest BCUT2D eigenvalue weighted by Gasteiger charge is 2.26. The van der Waals surface area contributed by atoms with Crippen LogP contribution in [-0.2, 0) is 0 Å². The molecule has 1 aromatic rings. The molecule has 2 rings (SSSR count). The Kier molecular flexibility index (Phi) is 5.82. The van der Waals surface area contributed by atoms with Gasteiger partial charge in [-0.2, -0.15) is 0 Å². The molecule has 1 heterocycles. The number of carbonyl (C=O) groups is 1. The number of piperidine rings is 1. The second kappa shape index (κ2) is 7.64. The maximum absolute atomic E-state index is 13.5. The first-order valence-corrected chi connectivity index (χ1v) is 8.07. The van der Waals surface area contributed by atoms with E-state index < -0.39 is 5.82 Å². The van der Waals surface area contributed by atoms with Crippen molar-refractivity contribution in [1.82, 2.24) is 4.90 Å². The zero-order chi connectivity index (χ0) is 17.0. The molecule has 6 heteroatoms. The molecular weight excluding hydrogens is 299 g/mol. The Morgan fingerprint density at radius 3 is 2.57 bits per heavy atom.